The molecule has 0 aromatic heterocycles. The van der Waals surface area contributed by atoms with E-state index >= 15 is 0 Å². The summed E-state index contributed by atoms with van der Waals surface area (Å²) in [5.74, 6) is -2.36. The van der Waals surface area contributed by atoms with E-state index in [0.29, 0.717) is 21.8 Å². The Hall–Kier alpha value is -4.27. The molecule has 3 aromatic carbocycles. The summed E-state index contributed by atoms with van der Waals surface area (Å²) < 4.78 is 52.8. The summed E-state index contributed by atoms with van der Waals surface area (Å²) >= 11 is 17.3. The van der Waals surface area contributed by atoms with Gasteiger partial charge in [0.1, 0.15) is 17.1 Å². The Morgan fingerprint density at radius 1 is 0.932 bits per heavy atom. The Balaban J connectivity index is 0.000000402. The fourth-order valence-corrected chi connectivity index (χ4v) is 3.52. The van der Waals surface area contributed by atoms with Crippen molar-refractivity contribution in [2.45, 2.75) is 13.1 Å². The molecule has 0 aliphatic heterocycles. The number of esters is 2. The van der Waals surface area contributed by atoms with Crippen LogP contribution in [0.15, 0.2) is 54.6 Å². The van der Waals surface area contributed by atoms with Crippen molar-refractivity contribution in [3.05, 3.63) is 90.9 Å². The number of amides is 2. The molecule has 17 heteroatoms. The zero-order valence-corrected chi connectivity index (χ0v) is 25.3. The monoisotopic (exact) mass is 679 g/mol. The number of nitrogens with one attached hydrogen (secondary N) is 1. The van der Waals surface area contributed by atoms with E-state index in [9.17, 15) is 37.7 Å². The largest absolute Gasteiger partial charge is 0.463 e. The predicted octanol–water partition coefficient (Wildman–Crippen LogP) is 7.87. The molecule has 0 aliphatic carbocycles. The van der Waals surface area contributed by atoms with E-state index in [0.717, 1.165) is 30.3 Å². The van der Waals surface area contributed by atoms with Gasteiger partial charge in [-0.15, -0.1) is 0 Å². The Kier molecular flexibility index (Phi) is 13.1. The van der Waals surface area contributed by atoms with Crippen LogP contribution in [-0.2, 0) is 20.4 Å². The number of carbonyl (C=O) groups is 3. The maximum absolute atomic E-state index is 12.7. The second-order valence-corrected chi connectivity index (χ2v) is 9.74. The van der Waals surface area contributed by atoms with E-state index in [2.05, 4.69) is 10.1 Å². The number of carbonyl (C=O) groups excluding carboxylic acids is 3. The van der Waals surface area contributed by atoms with Crippen LogP contribution in [-0.4, -0.2) is 55.1 Å². The standard InChI is InChI=1S/C18H13ClF3NO7.C9H10Cl2N2O/c1-2-28-16(24)9-29-17(25)12-8-11(4-5-14(12)23(26)27)30-15-6-3-10(7-13(15)19)18(20,21)22;1-13(2)9(14)12-6-3-4-7(10)8(11)5-6/h3-8H,2,9H2,1H3;3-5H,1-2H3,(H,12,14). The van der Waals surface area contributed by atoms with Crippen molar-refractivity contribution in [3.8, 4) is 11.5 Å². The van der Waals surface area contributed by atoms with Crippen LogP contribution in [0.1, 0.15) is 22.8 Å². The lowest BCUT2D eigenvalue weighted by molar-refractivity contribution is -0.385. The van der Waals surface area contributed by atoms with Crippen molar-refractivity contribution in [1.29, 1.82) is 0 Å². The third kappa shape index (κ3) is 10.8. The predicted molar refractivity (Wildman–Crippen MR) is 156 cm³/mol. The summed E-state index contributed by atoms with van der Waals surface area (Å²) in [7, 11) is 3.32. The molecule has 0 aliphatic rings. The van der Waals surface area contributed by atoms with E-state index in [1.54, 1.807) is 32.3 Å². The molecule has 0 unspecified atom stereocenters. The van der Waals surface area contributed by atoms with Gasteiger partial charge >= 0.3 is 24.1 Å². The molecule has 44 heavy (non-hydrogen) atoms. The van der Waals surface area contributed by atoms with E-state index in [4.69, 9.17) is 44.3 Å². The van der Waals surface area contributed by atoms with Gasteiger partial charge in [-0.2, -0.15) is 13.2 Å². The van der Waals surface area contributed by atoms with Crippen LogP contribution in [0, 0.1) is 10.1 Å². The van der Waals surface area contributed by atoms with E-state index in [1.165, 1.54) is 11.8 Å². The molecule has 0 saturated heterocycles. The normalized spacial score (nSPS) is 10.6. The smallest absolute Gasteiger partial charge is 0.416 e. The molecular weight excluding hydrogens is 658 g/mol. The van der Waals surface area contributed by atoms with Crippen molar-refractivity contribution >= 4 is 64.1 Å². The molecular formula is C27H23Cl3F3N3O8. The van der Waals surface area contributed by atoms with Crippen molar-refractivity contribution < 1.29 is 46.7 Å². The highest BCUT2D eigenvalue weighted by atomic mass is 35.5. The van der Waals surface area contributed by atoms with Crippen LogP contribution in [0.4, 0.5) is 29.3 Å². The van der Waals surface area contributed by atoms with Gasteiger partial charge in [0.15, 0.2) is 6.61 Å². The Bertz CT molecular complexity index is 1540. The molecule has 11 nitrogen and oxygen atoms in total. The highest BCUT2D eigenvalue weighted by Gasteiger charge is 2.31. The number of hydrogen-bond donors (Lipinski definition) is 1. The van der Waals surface area contributed by atoms with E-state index in [-0.39, 0.29) is 29.2 Å². The van der Waals surface area contributed by atoms with Crippen LogP contribution in [0.2, 0.25) is 15.1 Å². The highest BCUT2D eigenvalue weighted by Crippen LogP contribution is 2.37. The lowest BCUT2D eigenvalue weighted by Crippen LogP contribution is -2.27. The molecule has 0 atom stereocenters. The first-order chi connectivity index (χ1) is 20.5. The summed E-state index contributed by atoms with van der Waals surface area (Å²) in [4.78, 5) is 46.4. The number of anilines is 1. The lowest BCUT2D eigenvalue weighted by Gasteiger charge is -2.12. The summed E-state index contributed by atoms with van der Waals surface area (Å²) in [6.07, 6.45) is -4.61. The van der Waals surface area contributed by atoms with Crippen molar-refractivity contribution in [1.82, 2.24) is 4.90 Å². The molecule has 0 radical (unpaired) electrons. The molecule has 0 saturated carbocycles. The minimum Gasteiger partial charge on any atom is -0.463 e. The number of nitrogens with zero attached hydrogens (tertiary/aromatic N) is 2. The topological polar surface area (TPSA) is 137 Å². The SMILES string of the molecule is CCOC(=O)COC(=O)c1cc(Oc2ccc(C(F)(F)F)cc2Cl)ccc1[N+](=O)[O-].CN(C)C(=O)Nc1ccc(Cl)c(Cl)c1. The van der Waals surface area contributed by atoms with E-state index in [1.807, 2.05) is 0 Å². The maximum Gasteiger partial charge on any atom is 0.416 e. The number of halogens is 6. The molecule has 0 spiro atoms. The van der Waals surface area contributed by atoms with Gasteiger partial charge in [-0.25, -0.2) is 14.4 Å². The number of benzene rings is 3. The van der Waals surface area contributed by atoms with Crippen molar-refractivity contribution in [2.75, 3.05) is 32.6 Å². The third-order valence-corrected chi connectivity index (χ3v) is 6.11. The molecule has 236 valence electrons. The molecule has 0 bridgehead atoms. The zero-order valence-electron chi connectivity index (χ0n) is 23.0. The molecule has 3 aromatic rings. The second kappa shape index (κ2) is 16.0. The summed E-state index contributed by atoms with van der Waals surface area (Å²) in [6, 6.07) is 10.1. The van der Waals surface area contributed by atoms with Gasteiger partial charge in [-0.3, -0.25) is 10.1 Å². The fraction of sp³-hybridized carbons (Fsp3) is 0.222. The van der Waals surface area contributed by atoms with Crippen LogP contribution in [0.5, 0.6) is 11.5 Å². The van der Waals surface area contributed by atoms with Gasteiger partial charge in [0, 0.05) is 31.9 Å². The summed E-state index contributed by atoms with van der Waals surface area (Å²) in [5, 5.41) is 14.3. The number of hydrogen-bond acceptors (Lipinski definition) is 8. The number of urea groups is 1. The van der Waals surface area contributed by atoms with Gasteiger partial charge in [-0.1, -0.05) is 34.8 Å². The Morgan fingerprint density at radius 2 is 1.61 bits per heavy atom. The molecule has 1 N–H and O–H groups in total. The second-order valence-electron chi connectivity index (χ2n) is 8.52. The molecule has 3 rings (SSSR count). The van der Waals surface area contributed by atoms with Gasteiger partial charge < -0.3 is 24.4 Å². The van der Waals surface area contributed by atoms with Crippen LogP contribution in [0.25, 0.3) is 0 Å². The van der Waals surface area contributed by atoms with Crippen molar-refractivity contribution in [2.24, 2.45) is 0 Å². The number of rotatable bonds is 8. The Morgan fingerprint density at radius 3 is 2.16 bits per heavy atom. The van der Waals surface area contributed by atoms with Gasteiger partial charge in [0.05, 0.1) is 32.2 Å². The first-order valence-corrected chi connectivity index (χ1v) is 13.3. The number of nitro benzene ring substituents is 1. The maximum atomic E-state index is 12.7. The van der Waals surface area contributed by atoms with Gasteiger partial charge in [0.2, 0.25) is 0 Å². The van der Waals surface area contributed by atoms with Crippen LogP contribution >= 0.6 is 34.8 Å². The fourth-order valence-electron chi connectivity index (χ4n) is 3.00. The first-order valence-electron chi connectivity index (χ1n) is 12.1. The summed E-state index contributed by atoms with van der Waals surface area (Å²) in [6.45, 7) is 0.825. The zero-order chi connectivity index (χ0) is 33.2. The molecule has 2 amide bonds. The number of alkyl halides is 3. The van der Waals surface area contributed by atoms with Crippen LogP contribution < -0.4 is 10.1 Å². The average molecular weight is 681 g/mol. The van der Waals surface area contributed by atoms with E-state index < -0.39 is 46.5 Å². The highest BCUT2D eigenvalue weighted by molar-refractivity contribution is 6.42. The minimum atomic E-state index is -4.61. The third-order valence-electron chi connectivity index (χ3n) is 5.08. The quantitative estimate of drug-likeness (QED) is 0.144. The molecule has 0 fully saturated rings. The molecule has 0 heterocycles. The summed E-state index contributed by atoms with van der Waals surface area (Å²) in [5.41, 5.74) is -1.54. The Labute approximate surface area is 263 Å². The van der Waals surface area contributed by atoms with Crippen LogP contribution in [0.3, 0.4) is 0 Å². The average Bonchev–Trinajstić information content (AvgIpc) is 2.94. The van der Waals surface area contributed by atoms with Gasteiger partial charge in [-0.05, 0) is 49.4 Å². The number of nitro groups is 1. The first kappa shape index (κ1) is 35.9. The lowest BCUT2D eigenvalue weighted by atomic mass is 10.1. The minimum absolute atomic E-state index is 0.0493. The number of ether oxygens (including phenoxy) is 3. The van der Waals surface area contributed by atoms with Crippen molar-refractivity contribution in [3.63, 3.8) is 0 Å². The van der Waals surface area contributed by atoms with Gasteiger partial charge in [0.25, 0.3) is 5.69 Å².